The van der Waals surface area contributed by atoms with E-state index in [2.05, 4.69) is 10.5 Å². The Morgan fingerprint density at radius 2 is 2.18 bits per heavy atom. The molecule has 0 fully saturated rings. The summed E-state index contributed by atoms with van der Waals surface area (Å²) in [6, 6.07) is 4.38. The number of amidine groups is 1. The van der Waals surface area contributed by atoms with Crippen molar-refractivity contribution < 1.29 is 10.0 Å². The lowest BCUT2D eigenvalue weighted by Gasteiger charge is -2.13. The second-order valence-electron chi connectivity index (χ2n) is 3.50. The molecule has 2 amide bonds. The van der Waals surface area contributed by atoms with Gasteiger partial charge < -0.3 is 21.2 Å². The number of nitrogens with two attached hydrogens (primary N) is 1. The maximum atomic E-state index is 11.4. The molecule has 1 aromatic rings. The molecule has 0 aliphatic rings. The Morgan fingerprint density at radius 1 is 1.53 bits per heavy atom. The van der Waals surface area contributed by atoms with Crippen LogP contribution in [0, 0.1) is 0 Å². The molecule has 7 heteroatoms. The van der Waals surface area contributed by atoms with E-state index >= 15 is 0 Å². The average molecular weight is 257 g/mol. The first-order valence-electron chi connectivity index (χ1n) is 4.71. The van der Waals surface area contributed by atoms with Crippen LogP contribution >= 0.6 is 11.6 Å². The van der Waals surface area contributed by atoms with Crippen molar-refractivity contribution in [2.24, 2.45) is 10.9 Å². The Hall–Kier alpha value is -1.95. The fraction of sp³-hybridized carbons (Fsp3) is 0.200. The summed E-state index contributed by atoms with van der Waals surface area (Å²) in [6.45, 7) is 0. The maximum absolute atomic E-state index is 11.4. The number of hydrogen-bond acceptors (Lipinski definition) is 3. The van der Waals surface area contributed by atoms with E-state index in [0.29, 0.717) is 16.3 Å². The molecular weight excluding hydrogens is 244 g/mol. The van der Waals surface area contributed by atoms with Crippen LogP contribution in [0.1, 0.15) is 5.56 Å². The highest BCUT2D eigenvalue weighted by atomic mass is 35.5. The van der Waals surface area contributed by atoms with Gasteiger partial charge in [0.1, 0.15) is 0 Å². The highest BCUT2D eigenvalue weighted by molar-refractivity contribution is 6.34. The van der Waals surface area contributed by atoms with Gasteiger partial charge in [-0.05, 0) is 18.2 Å². The molecule has 0 bridgehead atoms. The van der Waals surface area contributed by atoms with Crippen LogP contribution in [0.15, 0.2) is 23.4 Å². The van der Waals surface area contributed by atoms with Crippen molar-refractivity contribution in [3.05, 3.63) is 28.8 Å². The molecule has 92 valence electrons. The summed E-state index contributed by atoms with van der Waals surface area (Å²) in [6.07, 6.45) is 0. The fourth-order valence-corrected chi connectivity index (χ4v) is 1.29. The van der Waals surface area contributed by atoms with E-state index in [1.165, 1.54) is 11.0 Å². The van der Waals surface area contributed by atoms with Crippen molar-refractivity contribution in [1.82, 2.24) is 4.90 Å². The van der Waals surface area contributed by atoms with Gasteiger partial charge in [0.25, 0.3) is 0 Å². The smallest absolute Gasteiger partial charge is 0.321 e. The number of halogens is 1. The average Bonchev–Trinajstić information content (AvgIpc) is 2.30. The van der Waals surface area contributed by atoms with E-state index in [1.54, 1.807) is 26.2 Å². The SMILES string of the molecule is CN(C)C(=O)Nc1ccc(/C(N)=N/O)cc1Cl. The Bertz CT molecular complexity index is 460. The molecule has 0 aliphatic heterocycles. The summed E-state index contributed by atoms with van der Waals surface area (Å²) in [5.41, 5.74) is 6.34. The van der Waals surface area contributed by atoms with Gasteiger partial charge in [-0.25, -0.2) is 4.79 Å². The Labute approximate surface area is 104 Å². The first kappa shape index (κ1) is 13.1. The summed E-state index contributed by atoms with van der Waals surface area (Å²) in [5.74, 6) is -0.0441. The molecule has 0 saturated heterocycles. The lowest BCUT2D eigenvalue weighted by Crippen LogP contribution is -2.27. The molecule has 0 aromatic heterocycles. The molecule has 0 atom stereocenters. The van der Waals surface area contributed by atoms with Crippen molar-refractivity contribution >= 4 is 29.2 Å². The number of nitrogens with zero attached hydrogens (tertiary/aromatic N) is 2. The molecule has 0 unspecified atom stereocenters. The molecule has 6 nitrogen and oxygen atoms in total. The van der Waals surface area contributed by atoms with Gasteiger partial charge in [-0.1, -0.05) is 16.8 Å². The van der Waals surface area contributed by atoms with E-state index in [9.17, 15) is 4.79 Å². The van der Waals surface area contributed by atoms with Crippen LogP contribution in [-0.4, -0.2) is 36.1 Å². The van der Waals surface area contributed by atoms with Crippen molar-refractivity contribution in [2.75, 3.05) is 19.4 Å². The number of carbonyl (C=O) groups is 1. The Kier molecular flexibility index (Phi) is 4.17. The molecule has 1 rings (SSSR count). The van der Waals surface area contributed by atoms with Crippen LogP contribution in [0.25, 0.3) is 0 Å². The fourth-order valence-electron chi connectivity index (χ4n) is 1.06. The van der Waals surface area contributed by atoms with Gasteiger partial charge in [-0.15, -0.1) is 0 Å². The van der Waals surface area contributed by atoms with E-state index in [4.69, 9.17) is 22.5 Å². The van der Waals surface area contributed by atoms with Gasteiger partial charge in [0.15, 0.2) is 5.84 Å². The number of anilines is 1. The predicted octanol–water partition coefficient (Wildman–Crippen LogP) is 1.53. The Morgan fingerprint density at radius 3 is 2.65 bits per heavy atom. The third kappa shape index (κ3) is 3.25. The first-order valence-corrected chi connectivity index (χ1v) is 5.09. The lowest BCUT2D eigenvalue weighted by atomic mass is 10.2. The minimum atomic E-state index is -0.288. The number of nitrogens with one attached hydrogen (secondary N) is 1. The van der Waals surface area contributed by atoms with Crippen LogP contribution in [0.3, 0.4) is 0 Å². The number of urea groups is 1. The number of amides is 2. The van der Waals surface area contributed by atoms with Crippen molar-refractivity contribution in [3.63, 3.8) is 0 Å². The zero-order valence-electron chi connectivity index (χ0n) is 9.44. The molecular formula is C10H13ClN4O2. The molecule has 0 heterocycles. The highest BCUT2D eigenvalue weighted by Crippen LogP contribution is 2.23. The van der Waals surface area contributed by atoms with E-state index < -0.39 is 0 Å². The normalized spacial score (nSPS) is 11.1. The van der Waals surface area contributed by atoms with Gasteiger partial charge in [-0.2, -0.15) is 0 Å². The molecule has 0 saturated carbocycles. The van der Waals surface area contributed by atoms with Gasteiger partial charge in [0, 0.05) is 19.7 Å². The third-order valence-corrected chi connectivity index (χ3v) is 2.33. The molecule has 0 radical (unpaired) electrons. The molecule has 17 heavy (non-hydrogen) atoms. The zero-order valence-corrected chi connectivity index (χ0v) is 10.2. The summed E-state index contributed by atoms with van der Waals surface area (Å²) in [7, 11) is 3.24. The van der Waals surface area contributed by atoms with Crippen molar-refractivity contribution in [3.8, 4) is 0 Å². The van der Waals surface area contributed by atoms with Gasteiger partial charge >= 0.3 is 6.03 Å². The van der Waals surface area contributed by atoms with E-state index in [1.807, 2.05) is 0 Å². The lowest BCUT2D eigenvalue weighted by molar-refractivity contribution is 0.230. The molecule has 4 N–H and O–H groups in total. The van der Waals surface area contributed by atoms with Crippen LogP contribution in [0.5, 0.6) is 0 Å². The van der Waals surface area contributed by atoms with Gasteiger partial charge in [0.05, 0.1) is 10.7 Å². The van der Waals surface area contributed by atoms with Crippen LogP contribution in [-0.2, 0) is 0 Å². The maximum Gasteiger partial charge on any atom is 0.321 e. The summed E-state index contributed by atoms with van der Waals surface area (Å²) in [5, 5.41) is 14.3. The quantitative estimate of drug-likeness (QED) is 0.324. The number of hydrogen-bond donors (Lipinski definition) is 3. The van der Waals surface area contributed by atoms with E-state index in [-0.39, 0.29) is 11.9 Å². The van der Waals surface area contributed by atoms with Crippen LogP contribution in [0.2, 0.25) is 5.02 Å². The number of oxime groups is 1. The predicted molar refractivity (Wildman–Crippen MR) is 66.7 cm³/mol. The van der Waals surface area contributed by atoms with Crippen LogP contribution < -0.4 is 11.1 Å². The van der Waals surface area contributed by atoms with Crippen LogP contribution in [0.4, 0.5) is 10.5 Å². The number of carbonyl (C=O) groups excluding carboxylic acids is 1. The second kappa shape index (κ2) is 5.40. The minimum absolute atomic E-state index is 0.0441. The molecule has 0 spiro atoms. The third-order valence-electron chi connectivity index (χ3n) is 2.02. The molecule has 1 aromatic carbocycles. The van der Waals surface area contributed by atoms with Crippen molar-refractivity contribution in [1.29, 1.82) is 0 Å². The first-order chi connectivity index (χ1) is 7.95. The zero-order chi connectivity index (χ0) is 13.0. The van der Waals surface area contributed by atoms with Gasteiger partial charge in [0.2, 0.25) is 0 Å². The topological polar surface area (TPSA) is 91.0 Å². The minimum Gasteiger partial charge on any atom is -0.409 e. The second-order valence-corrected chi connectivity index (χ2v) is 3.91. The number of benzene rings is 1. The summed E-state index contributed by atoms with van der Waals surface area (Å²) >= 11 is 5.95. The van der Waals surface area contributed by atoms with E-state index in [0.717, 1.165) is 0 Å². The molecule has 0 aliphatic carbocycles. The standard InChI is InChI=1S/C10H13ClN4O2/c1-15(2)10(16)13-8-4-3-6(5-7(8)11)9(12)14-17/h3-5,17H,1-2H3,(H2,12,14)(H,13,16). The van der Waals surface area contributed by atoms with Crippen molar-refractivity contribution in [2.45, 2.75) is 0 Å². The van der Waals surface area contributed by atoms with Gasteiger partial charge in [-0.3, -0.25) is 0 Å². The number of rotatable bonds is 2. The monoisotopic (exact) mass is 256 g/mol. The highest BCUT2D eigenvalue weighted by Gasteiger charge is 2.09. The Balaban J connectivity index is 2.95. The summed E-state index contributed by atoms with van der Waals surface area (Å²) < 4.78 is 0. The largest absolute Gasteiger partial charge is 0.409 e. The summed E-state index contributed by atoms with van der Waals surface area (Å²) in [4.78, 5) is 12.8.